The maximum atomic E-state index is 11.4. The molecule has 0 amide bonds. The Bertz CT molecular complexity index is 696. The zero-order valence-electron chi connectivity index (χ0n) is 16.5. The van der Waals surface area contributed by atoms with E-state index in [0.717, 1.165) is 17.7 Å². The van der Waals surface area contributed by atoms with Gasteiger partial charge in [-0.2, -0.15) is 0 Å². The minimum Gasteiger partial charge on any atom is -0.478 e. The first-order valence-electron chi connectivity index (χ1n) is 8.99. The van der Waals surface area contributed by atoms with Crippen LogP contribution in [0, 0.1) is 5.92 Å². The van der Waals surface area contributed by atoms with Gasteiger partial charge in [0.2, 0.25) is 0 Å². The van der Waals surface area contributed by atoms with Gasteiger partial charge in [0.15, 0.2) is 0 Å². The van der Waals surface area contributed by atoms with Crippen LogP contribution in [0.3, 0.4) is 0 Å². The van der Waals surface area contributed by atoms with Gasteiger partial charge >= 0.3 is 5.97 Å². The van der Waals surface area contributed by atoms with Gasteiger partial charge in [0.05, 0.1) is 29.0 Å². The molecule has 2 rings (SSSR count). The molecule has 154 valence electrons. The number of hydrogen-bond donors (Lipinski definition) is 4. The van der Waals surface area contributed by atoms with Gasteiger partial charge in [0, 0.05) is 19.9 Å². The number of methoxy groups -OCH3 is 1. The Kier molecular flexibility index (Phi) is 10.9. The second-order valence-corrected chi connectivity index (χ2v) is 6.21. The van der Waals surface area contributed by atoms with E-state index in [2.05, 4.69) is 17.2 Å². The van der Waals surface area contributed by atoms with Gasteiger partial charge in [0.25, 0.3) is 0 Å². The molecule has 0 fully saturated rings. The number of rotatable bonds is 10. The molecule has 0 saturated carbocycles. The molecule has 0 bridgehead atoms. The Hall–Kier alpha value is -2.42. The zero-order valence-corrected chi connectivity index (χ0v) is 17.3. The second-order valence-electron chi connectivity index (χ2n) is 5.53. The number of carbonyl (C=O) groups is 1. The molecule has 1 aliphatic carbocycles. The lowest BCUT2D eigenvalue weighted by Gasteiger charge is -2.23. The Balaban J connectivity index is 0.00000190. The summed E-state index contributed by atoms with van der Waals surface area (Å²) in [6.45, 7) is 8.85. The summed E-state index contributed by atoms with van der Waals surface area (Å²) in [5.74, 6) is 0.00737. The molecular weight excluding hydrogens is 378 g/mol. The molecule has 0 aromatic carbocycles. The normalized spacial score (nSPS) is 20.4. The first-order valence-corrected chi connectivity index (χ1v) is 9.87. The molecule has 2 atom stereocenters. The summed E-state index contributed by atoms with van der Waals surface area (Å²) in [5.41, 5.74) is 0.0385. The number of hydrogen-bond acceptors (Lipinski definition) is 7. The second kappa shape index (κ2) is 12.9. The third-order valence-corrected chi connectivity index (χ3v) is 4.37. The smallest absolute Gasteiger partial charge is 0.337 e. The lowest BCUT2D eigenvalue weighted by atomic mass is 9.95. The van der Waals surface area contributed by atoms with Crippen molar-refractivity contribution in [1.29, 1.82) is 0 Å². The molecule has 28 heavy (non-hydrogen) atoms. The van der Waals surface area contributed by atoms with Crippen LogP contribution in [-0.4, -0.2) is 37.4 Å². The highest BCUT2D eigenvalue weighted by Crippen LogP contribution is 2.31. The van der Waals surface area contributed by atoms with Crippen molar-refractivity contribution < 1.29 is 19.4 Å². The Morgan fingerprint density at radius 2 is 2.21 bits per heavy atom. The minimum absolute atomic E-state index is 0.0385. The van der Waals surface area contributed by atoms with Gasteiger partial charge in [-0.25, -0.2) is 4.79 Å². The molecule has 2 unspecified atom stereocenters. The SMILES string of the molecule is C=C(OC1=CC=CC2NC=CC12)/C(=C\C(=C\NCCOC)C(=O)O)SN.CC. The lowest BCUT2D eigenvalue weighted by Crippen LogP contribution is -2.27. The quantitative estimate of drug-likeness (QED) is 0.144. The summed E-state index contributed by atoms with van der Waals surface area (Å²) in [5, 5.41) is 21.2. The van der Waals surface area contributed by atoms with Crippen LogP contribution in [0.15, 0.2) is 71.4 Å². The van der Waals surface area contributed by atoms with Crippen molar-refractivity contribution in [2.45, 2.75) is 19.9 Å². The van der Waals surface area contributed by atoms with Crippen LogP contribution in [0.5, 0.6) is 0 Å². The Morgan fingerprint density at radius 3 is 2.86 bits per heavy atom. The maximum Gasteiger partial charge on any atom is 0.337 e. The summed E-state index contributed by atoms with van der Waals surface area (Å²) in [6.07, 6.45) is 12.5. The third-order valence-electron chi connectivity index (χ3n) is 3.77. The average Bonchev–Trinajstić information content (AvgIpc) is 3.18. The molecule has 2 aliphatic rings. The van der Waals surface area contributed by atoms with Crippen molar-refractivity contribution in [2.75, 3.05) is 20.3 Å². The summed E-state index contributed by atoms with van der Waals surface area (Å²) in [6, 6.07) is 0.153. The van der Waals surface area contributed by atoms with E-state index >= 15 is 0 Å². The molecular formula is C20H29N3O4S. The van der Waals surface area contributed by atoms with Crippen LogP contribution in [0.25, 0.3) is 0 Å². The van der Waals surface area contributed by atoms with Crippen molar-refractivity contribution >= 4 is 17.9 Å². The number of allylic oxidation sites excluding steroid dienone is 2. The number of carboxylic acid groups (broad SMARTS) is 1. The monoisotopic (exact) mass is 407 g/mol. The fourth-order valence-corrected chi connectivity index (χ4v) is 2.81. The Morgan fingerprint density at radius 1 is 1.46 bits per heavy atom. The van der Waals surface area contributed by atoms with E-state index in [0.29, 0.717) is 23.8 Å². The first-order chi connectivity index (χ1) is 13.6. The van der Waals surface area contributed by atoms with Gasteiger partial charge in [0.1, 0.15) is 11.5 Å². The van der Waals surface area contributed by atoms with Gasteiger partial charge in [-0.1, -0.05) is 38.7 Å². The van der Waals surface area contributed by atoms with E-state index in [9.17, 15) is 9.90 Å². The molecule has 7 nitrogen and oxygen atoms in total. The molecule has 0 saturated heterocycles. The fourth-order valence-electron chi connectivity index (χ4n) is 2.45. The van der Waals surface area contributed by atoms with Crippen molar-refractivity contribution in [1.82, 2.24) is 10.6 Å². The van der Waals surface area contributed by atoms with E-state index in [4.69, 9.17) is 14.6 Å². The molecule has 0 radical (unpaired) electrons. The van der Waals surface area contributed by atoms with Crippen LogP contribution < -0.4 is 15.8 Å². The highest BCUT2D eigenvalue weighted by molar-refractivity contribution is 8.01. The third kappa shape index (κ3) is 6.95. The molecule has 0 spiro atoms. The van der Waals surface area contributed by atoms with Gasteiger partial charge in [-0.3, -0.25) is 5.14 Å². The number of nitrogens with one attached hydrogen (secondary N) is 2. The molecule has 0 aromatic heterocycles. The molecule has 5 N–H and O–H groups in total. The highest BCUT2D eigenvalue weighted by atomic mass is 32.2. The van der Waals surface area contributed by atoms with Crippen molar-refractivity contribution in [3.8, 4) is 0 Å². The maximum absolute atomic E-state index is 11.4. The van der Waals surface area contributed by atoms with Gasteiger partial charge in [-0.15, -0.1) is 0 Å². The minimum atomic E-state index is -1.09. The summed E-state index contributed by atoms with van der Waals surface area (Å²) >= 11 is 0.882. The zero-order chi connectivity index (χ0) is 20.9. The van der Waals surface area contributed by atoms with Crippen molar-refractivity contribution in [3.63, 3.8) is 0 Å². The standard InChI is InChI=1S/C18H23N3O4S.C2H6/c1-12(25-16-5-3-4-15-14(16)6-7-21-15)17(26-19)10-13(18(22)23)11-20-8-9-24-2;1-2/h3-7,10-11,14-15,20-21H,1,8-9,19H2,2H3,(H,22,23);1-2H3/b13-11-,17-10+;. The van der Waals surface area contributed by atoms with E-state index in [-0.39, 0.29) is 17.5 Å². The average molecular weight is 408 g/mol. The lowest BCUT2D eigenvalue weighted by molar-refractivity contribution is -0.132. The number of aliphatic carboxylic acids is 1. The largest absolute Gasteiger partial charge is 0.478 e. The van der Waals surface area contributed by atoms with E-state index < -0.39 is 5.97 Å². The predicted octanol–water partition coefficient (Wildman–Crippen LogP) is 2.79. The first kappa shape index (κ1) is 23.6. The van der Waals surface area contributed by atoms with Crippen molar-refractivity contribution in [2.24, 2.45) is 11.1 Å². The van der Waals surface area contributed by atoms with Crippen LogP contribution in [0.2, 0.25) is 0 Å². The summed E-state index contributed by atoms with van der Waals surface area (Å²) < 4.78 is 10.8. The number of ether oxygens (including phenoxy) is 2. The number of carboxylic acids is 1. The van der Waals surface area contributed by atoms with Gasteiger partial charge in [-0.05, 0) is 30.3 Å². The molecule has 1 heterocycles. The van der Waals surface area contributed by atoms with Crippen LogP contribution in [0.1, 0.15) is 13.8 Å². The van der Waals surface area contributed by atoms with E-state index in [1.54, 1.807) is 7.11 Å². The fraction of sp³-hybridized carbons (Fsp3) is 0.350. The summed E-state index contributed by atoms with van der Waals surface area (Å²) in [7, 11) is 1.57. The van der Waals surface area contributed by atoms with Gasteiger partial charge < -0.3 is 25.2 Å². The van der Waals surface area contributed by atoms with E-state index in [1.807, 2.05) is 44.4 Å². The topological polar surface area (TPSA) is 106 Å². The highest BCUT2D eigenvalue weighted by Gasteiger charge is 2.28. The number of nitrogens with two attached hydrogens (primary N) is 1. The molecule has 8 heteroatoms. The van der Waals surface area contributed by atoms with E-state index in [1.165, 1.54) is 12.3 Å². The van der Waals surface area contributed by atoms with Crippen LogP contribution in [-0.2, 0) is 14.3 Å². The summed E-state index contributed by atoms with van der Waals surface area (Å²) in [4.78, 5) is 11.9. The molecule has 0 aromatic rings. The predicted molar refractivity (Wildman–Crippen MR) is 114 cm³/mol. The van der Waals surface area contributed by atoms with Crippen LogP contribution in [0.4, 0.5) is 0 Å². The van der Waals surface area contributed by atoms with Crippen LogP contribution >= 0.6 is 11.9 Å². The van der Waals surface area contributed by atoms with Crippen molar-refractivity contribution in [3.05, 3.63) is 71.4 Å². The number of fused-ring (bicyclic) bond motifs is 1. The Labute approximate surface area is 170 Å². The molecule has 1 aliphatic heterocycles.